The first kappa shape index (κ1) is 11.8. The number of hydrogen-bond acceptors (Lipinski definition) is 2. The third-order valence-electron chi connectivity index (χ3n) is 3.01. The second-order valence-corrected chi connectivity index (χ2v) is 4.19. The Morgan fingerprint density at radius 1 is 1.29 bits per heavy atom. The van der Waals surface area contributed by atoms with Crippen LogP contribution in [0.2, 0.25) is 0 Å². The second kappa shape index (κ2) is 4.06. The van der Waals surface area contributed by atoms with Crippen LogP contribution in [0.1, 0.15) is 19.3 Å². The van der Waals surface area contributed by atoms with Crippen LogP contribution in [0.25, 0.3) is 0 Å². The molecule has 0 atom stereocenters. The molecule has 1 aliphatic rings. The summed E-state index contributed by atoms with van der Waals surface area (Å²) in [6, 6.07) is 0. The molecule has 84 valence electrons. The summed E-state index contributed by atoms with van der Waals surface area (Å²) in [6.07, 6.45) is -1.00. The SMILES string of the molecule is CN(C)C1(CNCC(F)(F)F)CCC1. The minimum atomic E-state index is -4.10. The van der Waals surface area contributed by atoms with E-state index in [1.165, 1.54) is 0 Å². The first-order valence-corrected chi connectivity index (χ1v) is 4.81. The monoisotopic (exact) mass is 210 g/mol. The van der Waals surface area contributed by atoms with Crippen molar-refractivity contribution in [2.24, 2.45) is 0 Å². The molecule has 0 aliphatic heterocycles. The van der Waals surface area contributed by atoms with Crippen molar-refractivity contribution >= 4 is 0 Å². The number of likely N-dealkylation sites (N-methyl/N-ethyl adjacent to an activating group) is 1. The molecule has 0 aromatic rings. The summed E-state index contributed by atoms with van der Waals surface area (Å²) in [6.45, 7) is -0.456. The van der Waals surface area contributed by atoms with E-state index in [2.05, 4.69) is 5.32 Å². The van der Waals surface area contributed by atoms with Crippen molar-refractivity contribution in [3.05, 3.63) is 0 Å². The molecule has 0 amide bonds. The highest BCUT2D eigenvalue weighted by molar-refractivity contribution is 4.97. The summed E-state index contributed by atoms with van der Waals surface area (Å²) in [4.78, 5) is 2.03. The summed E-state index contributed by atoms with van der Waals surface area (Å²) in [5.41, 5.74) is -0.0365. The zero-order valence-electron chi connectivity index (χ0n) is 8.62. The lowest BCUT2D eigenvalue weighted by Gasteiger charge is -2.47. The molecule has 14 heavy (non-hydrogen) atoms. The fourth-order valence-corrected chi connectivity index (χ4v) is 1.80. The van der Waals surface area contributed by atoms with Gasteiger partial charge in [0.15, 0.2) is 0 Å². The van der Waals surface area contributed by atoms with Crippen molar-refractivity contribution in [3.63, 3.8) is 0 Å². The highest BCUT2D eigenvalue weighted by Crippen LogP contribution is 2.35. The molecule has 0 unspecified atom stereocenters. The second-order valence-electron chi connectivity index (χ2n) is 4.19. The Kier molecular flexibility index (Phi) is 3.42. The van der Waals surface area contributed by atoms with Crippen LogP contribution in [0.4, 0.5) is 13.2 Å². The summed E-state index contributed by atoms with van der Waals surface area (Å²) >= 11 is 0. The van der Waals surface area contributed by atoms with Gasteiger partial charge in [-0.1, -0.05) is 0 Å². The van der Waals surface area contributed by atoms with Gasteiger partial charge in [-0.05, 0) is 33.4 Å². The van der Waals surface area contributed by atoms with Crippen LogP contribution in [-0.2, 0) is 0 Å². The predicted molar refractivity (Wildman–Crippen MR) is 49.2 cm³/mol. The first-order chi connectivity index (χ1) is 6.36. The van der Waals surface area contributed by atoms with E-state index in [-0.39, 0.29) is 5.54 Å². The van der Waals surface area contributed by atoms with E-state index in [9.17, 15) is 13.2 Å². The average Bonchev–Trinajstić information content (AvgIpc) is 1.91. The lowest BCUT2D eigenvalue weighted by atomic mass is 9.75. The van der Waals surface area contributed by atoms with Crippen LogP contribution in [-0.4, -0.2) is 43.8 Å². The van der Waals surface area contributed by atoms with Crippen LogP contribution < -0.4 is 5.32 Å². The Balaban J connectivity index is 2.29. The molecule has 0 aromatic carbocycles. The van der Waals surface area contributed by atoms with Gasteiger partial charge >= 0.3 is 6.18 Å². The van der Waals surface area contributed by atoms with Crippen molar-refractivity contribution in [3.8, 4) is 0 Å². The van der Waals surface area contributed by atoms with E-state index >= 15 is 0 Å². The van der Waals surface area contributed by atoms with Crippen molar-refractivity contribution in [2.75, 3.05) is 27.2 Å². The van der Waals surface area contributed by atoms with Crippen LogP contribution in [0.3, 0.4) is 0 Å². The average molecular weight is 210 g/mol. The largest absolute Gasteiger partial charge is 0.401 e. The molecule has 0 aromatic heterocycles. The van der Waals surface area contributed by atoms with Gasteiger partial charge < -0.3 is 10.2 Å². The van der Waals surface area contributed by atoms with Crippen LogP contribution in [0.15, 0.2) is 0 Å². The molecule has 0 radical (unpaired) electrons. The fourth-order valence-electron chi connectivity index (χ4n) is 1.80. The van der Waals surface area contributed by atoms with Crippen LogP contribution in [0.5, 0.6) is 0 Å². The number of rotatable bonds is 4. The standard InChI is InChI=1S/C9H17F3N2/c1-14(2)8(4-3-5-8)6-13-7-9(10,11)12/h13H,3-7H2,1-2H3. The van der Waals surface area contributed by atoms with Gasteiger partial charge in [-0.3, -0.25) is 0 Å². The molecule has 1 fully saturated rings. The highest BCUT2D eigenvalue weighted by atomic mass is 19.4. The van der Waals surface area contributed by atoms with Gasteiger partial charge in [-0.15, -0.1) is 0 Å². The molecule has 1 saturated carbocycles. The van der Waals surface area contributed by atoms with Gasteiger partial charge in [0.25, 0.3) is 0 Å². The number of hydrogen-bond donors (Lipinski definition) is 1. The molecule has 2 nitrogen and oxygen atoms in total. The Morgan fingerprint density at radius 3 is 2.14 bits per heavy atom. The number of nitrogens with one attached hydrogen (secondary N) is 1. The molecular weight excluding hydrogens is 193 g/mol. The molecule has 1 aliphatic carbocycles. The van der Waals surface area contributed by atoms with E-state index in [0.717, 1.165) is 19.3 Å². The third-order valence-corrected chi connectivity index (χ3v) is 3.01. The maximum atomic E-state index is 11.9. The first-order valence-electron chi connectivity index (χ1n) is 4.81. The van der Waals surface area contributed by atoms with Crippen molar-refractivity contribution < 1.29 is 13.2 Å². The molecule has 5 heteroatoms. The zero-order valence-corrected chi connectivity index (χ0v) is 8.62. The topological polar surface area (TPSA) is 15.3 Å². The maximum absolute atomic E-state index is 11.9. The van der Waals surface area contributed by atoms with Crippen LogP contribution in [0, 0.1) is 0 Å². The van der Waals surface area contributed by atoms with Crippen molar-refractivity contribution in [1.82, 2.24) is 10.2 Å². The van der Waals surface area contributed by atoms with E-state index in [1.54, 1.807) is 0 Å². The smallest absolute Gasteiger partial charge is 0.307 e. The Morgan fingerprint density at radius 2 is 1.86 bits per heavy atom. The van der Waals surface area contributed by atoms with Crippen molar-refractivity contribution in [2.45, 2.75) is 31.0 Å². The minimum absolute atomic E-state index is 0.0365. The lowest BCUT2D eigenvalue weighted by molar-refractivity contribution is -0.126. The van der Waals surface area contributed by atoms with E-state index in [0.29, 0.717) is 6.54 Å². The molecular formula is C9H17F3N2. The molecule has 0 saturated heterocycles. The predicted octanol–water partition coefficient (Wildman–Crippen LogP) is 1.62. The molecule has 1 rings (SSSR count). The maximum Gasteiger partial charge on any atom is 0.401 e. The molecule has 1 N–H and O–H groups in total. The molecule has 0 bridgehead atoms. The number of alkyl halides is 3. The fraction of sp³-hybridized carbons (Fsp3) is 1.00. The lowest BCUT2D eigenvalue weighted by Crippen LogP contribution is -2.57. The normalized spacial score (nSPS) is 21.0. The van der Waals surface area contributed by atoms with Gasteiger partial charge in [-0.2, -0.15) is 13.2 Å². The van der Waals surface area contributed by atoms with Gasteiger partial charge in [0, 0.05) is 12.1 Å². The zero-order chi connectivity index (χ0) is 10.8. The number of nitrogens with zero attached hydrogens (tertiary/aromatic N) is 1. The summed E-state index contributed by atoms with van der Waals surface area (Å²) < 4.78 is 35.6. The van der Waals surface area contributed by atoms with E-state index < -0.39 is 12.7 Å². The minimum Gasteiger partial charge on any atom is -0.307 e. The summed E-state index contributed by atoms with van der Waals surface area (Å²) in [5.74, 6) is 0. The van der Waals surface area contributed by atoms with E-state index in [1.807, 2.05) is 19.0 Å². The summed E-state index contributed by atoms with van der Waals surface area (Å²) in [7, 11) is 3.85. The molecule has 0 spiro atoms. The van der Waals surface area contributed by atoms with Gasteiger partial charge in [-0.25, -0.2) is 0 Å². The Labute approximate surface area is 82.5 Å². The van der Waals surface area contributed by atoms with Gasteiger partial charge in [0.2, 0.25) is 0 Å². The number of halogens is 3. The summed E-state index contributed by atoms with van der Waals surface area (Å²) in [5, 5.41) is 2.48. The van der Waals surface area contributed by atoms with Crippen molar-refractivity contribution in [1.29, 1.82) is 0 Å². The highest BCUT2D eigenvalue weighted by Gasteiger charge is 2.39. The van der Waals surface area contributed by atoms with Crippen LogP contribution >= 0.6 is 0 Å². The van der Waals surface area contributed by atoms with Gasteiger partial charge in [0.05, 0.1) is 6.54 Å². The Bertz CT molecular complexity index is 185. The molecule has 0 heterocycles. The quantitative estimate of drug-likeness (QED) is 0.758. The third kappa shape index (κ3) is 2.85. The van der Waals surface area contributed by atoms with Gasteiger partial charge in [0.1, 0.15) is 0 Å². The van der Waals surface area contributed by atoms with E-state index in [4.69, 9.17) is 0 Å². The Hall–Kier alpha value is -0.290.